The molecule has 0 spiro atoms. The van der Waals surface area contributed by atoms with Crippen LogP contribution in [0.4, 0.5) is 10.5 Å². The van der Waals surface area contributed by atoms with Gasteiger partial charge in [-0.05, 0) is 85.0 Å². The van der Waals surface area contributed by atoms with Crippen molar-refractivity contribution < 1.29 is 33.7 Å². The number of benzene rings is 3. The summed E-state index contributed by atoms with van der Waals surface area (Å²) < 4.78 is 16.8. The predicted molar refractivity (Wildman–Crippen MR) is 156 cm³/mol. The minimum atomic E-state index is -0.972. The molecular formula is C32H35N3O7. The van der Waals surface area contributed by atoms with Gasteiger partial charge in [-0.1, -0.05) is 12.1 Å². The molecule has 2 N–H and O–H groups in total. The number of hydrogen-bond donors (Lipinski definition) is 2. The number of ether oxygens (including phenoxy) is 3. The van der Waals surface area contributed by atoms with E-state index in [0.29, 0.717) is 42.4 Å². The standard InChI is InChI=1S/C32H35N3O7/c36-30(25-3-1-23(2-4-25)21-34-17-19-40-20-18-34)33-27-7-11-29(12-8-27)42-32(39)35-15-13-24(14-16-35)22-41-28-9-5-26(6-10-28)31(37)38/h1-12,24H,13-22H2,(H,33,36)(H,37,38). The third-order valence-electron chi connectivity index (χ3n) is 7.50. The van der Waals surface area contributed by atoms with E-state index in [4.69, 9.17) is 19.3 Å². The number of piperidine rings is 1. The highest BCUT2D eigenvalue weighted by Gasteiger charge is 2.25. The molecule has 2 saturated heterocycles. The number of carboxylic acid groups (broad SMARTS) is 1. The van der Waals surface area contributed by atoms with Gasteiger partial charge < -0.3 is 29.5 Å². The number of rotatable bonds is 9. The minimum Gasteiger partial charge on any atom is -0.493 e. The minimum absolute atomic E-state index is 0.207. The fraction of sp³-hybridized carbons (Fsp3) is 0.344. The van der Waals surface area contributed by atoms with Gasteiger partial charge in [-0.2, -0.15) is 0 Å². The van der Waals surface area contributed by atoms with Crippen LogP contribution in [-0.2, 0) is 11.3 Å². The average Bonchev–Trinajstić information content (AvgIpc) is 3.02. The second-order valence-corrected chi connectivity index (χ2v) is 10.5. The number of carbonyl (C=O) groups is 3. The molecule has 2 fully saturated rings. The van der Waals surface area contributed by atoms with Gasteiger partial charge in [0.15, 0.2) is 0 Å². The first-order valence-corrected chi connectivity index (χ1v) is 14.2. The van der Waals surface area contributed by atoms with Crippen molar-refractivity contribution in [3.05, 3.63) is 89.5 Å². The van der Waals surface area contributed by atoms with Crippen LogP contribution in [0.2, 0.25) is 0 Å². The van der Waals surface area contributed by atoms with Gasteiger partial charge in [-0.3, -0.25) is 9.69 Å². The Balaban J connectivity index is 1.03. The number of carboxylic acids is 1. The zero-order valence-corrected chi connectivity index (χ0v) is 23.4. The van der Waals surface area contributed by atoms with Crippen molar-refractivity contribution in [2.75, 3.05) is 51.3 Å². The molecule has 2 amide bonds. The number of anilines is 1. The van der Waals surface area contributed by atoms with Crippen molar-refractivity contribution in [1.82, 2.24) is 9.80 Å². The molecule has 0 unspecified atom stereocenters. The Morgan fingerprint density at radius 2 is 1.43 bits per heavy atom. The number of nitrogens with one attached hydrogen (secondary N) is 1. The third kappa shape index (κ3) is 8.08. The van der Waals surface area contributed by atoms with E-state index in [1.807, 2.05) is 24.3 Å². The van der Waals surface area contributed by atoms with E-state index in [1.165, 1.54) is 12.1 Å². The summed E-state index contributed by atoms with van der Waals surface area (Å²) in [5.41, 5.74) is 2.55. The average molecular weight is 574 g/mol. The molecule has 2 aliphatic rings. The fourth-order valence-corrected chi connectivity index (χ4v) is 4.94. The molecule has 0 atom stereocenters. The van der Waals surface area contributed by atoms with E-state index in [-0.39, 0.29) is 17.4 Å². The monoisotopic (exact) mass is 573 g/mol. The van der Waals surface area contributed by atoms with Gasteiger partial charge in [-0.15, -0.1) is 0 Å². The zero-order chi connectivity index (χ0) is 29.3. The quantitative estimate of drug-likeness (QED) is 0.376. The highest BCUT2D eigenvalue weighted by Crippen LogP contribution is 2.22. The van der Waals surface area contributed by atoms with Crippen LogP contribution in [0.3, 0.4) is 0 Å². The summed E-state index contributed by atoms with van der Waals surface area (Å²) in [6.45, 7) is 5.79. The maximum atomic E-state index is 12.7. The van der Waals surface area contributed by atoms with Gasteiger partial charge in [0.2, 0.25) is 0 Å². The van der Waals surface area contributed by atoms with Crippen LogP contribution in [0.1, 0.15) is 39.1 Å². The van der Waals surface area contributed by atoms with E-state index >= 15 is 0 Å². The number of morpholine rings is 1. The largest absolute Gasteiger partial charge is 0.493 e. The summed E-state index contributed by atoms with van der Waals surface area (Å²) in [6.07, 6.45) is 1.15. The number of nitrogens with zero attached hydrogens (tertiary/aromatic N) is 2. The molecule has 3 aromatic carbocycles. The normalized spacial score (nSPS) is 16.0. The third-order valence-corrected chi connectivity index (χ3v) is 7.50. The zero-order valence-electron chi connectivity index (χ0n) is 23.4. The van der Waals surface area contributed by atoms with Gasteiger partial charge in [0.25, 0.3) is 5.91 Å². The van der Waals surface area contributed by atoms with Crippen LogP contribution in [0, 0.1) is 5.92 Å². The molecule has 0 aliphatic carbocycles. The number of aromatic carboxylic acids is 1. The maximum absolute atomic E-state index is 12.7. The van der Waals surface area contributed by atoms with E-state index in [2.05, 4.69) is 10.2 Å². The Bertz CT molecular complexity index is 1350. The van der Waals surface area contributed by atoms with Crippen LogP contribution in [0.25, 0.3) is 0 Å². The molecule has 3 aromatic rings. The second-order valence-electron chi connectivity index (χ2n) is 10.5. The molecule has 0 saturated carbocycles. The van der Waals surface area contributed by atoms with E-state index in [1.54, 1.807) is 41.3 Å². The second kappa shape index (κ2) is 14.0. The lowest BCUT2D eigenvalue weighted by atomic mass is 9.98. The summed E-state index contributed by atoms with van der Waals surface area (Å²) in [4.78, 5) is 40.4. The molecular weight excluding hydrogens is 538 g/mol. The van der Waals surface area contributed by atoms with Crippen LogP contribution < -0.4 is 14.8 Å². The van der Waals surface area contributed by atoms with Gasteiger partial charge in [0.05, 0.1) is 25.4 Å². The molecule has 220 valence electrons. The van der Waals surface area contributed by atoms with Crippen molar-refractivity contribution in [1.29, 1.82) is 0 Å². The Kier molecular flexibility index (Phi) is 9.68. The smallest absolute Gasteiger partial charge is 0.415 e. The van der Waals surface area contributed by atoms with Gasteiger partial charge in [0, 0.05) is 44.0 Å². The summed E-state index contributed by atoms with van der Waals surface area (Å²) in [5.74, 6) is 0.138. The molecule has 2 aliphatic heterocycles. The lowest BCUT2D eigenvalue weighted by molar-refractivity contribution is 0.0342. The summed E-state index contributed by atoms with van der Waals surface area (Å²) >= 11 is 0. The highest BCUT2D eigenvalue weighted by molar-refractivity contribution is 6.04. The van der Waals surface area contributed by atoms with E-state index < -0.39 is 12.1 Å². The lowest BCUT2D eigenvalue weighted by Gasteiger charge is -2.31. The SMILES string of the molecule is O=C(O)c1ccc(OCC2CCN(C(=O)Oc3ccc(NC(=O)c4ccc(CN5CCOCC5)cc4)cc3)CC2)cc1. The molecule has 10 nitrogen and oxygen atoms in total. The van der Waals surface area contributed by atoms with Crippen LogP contribution in [0.5, 0.6) is 11.5 Å². The Hall–Kier alpha value is -4.41. The molecule has 0 bridgehead atoms. The van der Waals surface area contributed by atoms with Gasteiger partial charge >= 0.3 is 12.1 Å². The van der Waals surface area contributed by atoms with Crippen LogP contribution in [0.15, 0.2) is 72.8 Å². The molecule has 42 heavy (non-hydrogen) atoms. The Labute approximate surface area is 244 Å². The van der Waals surface area contributed by atoms with Crippen molar-refractivity contribution in [2.24, 2.45) is 5.92 Å². The molecule has 2 heterocycles. The van der Waals surface area contributed by atoms with Crippen molar-refractivity contribution in [3.63, 3.8) is 0 Å². The molecule has 0 radical (unpaired) electrons. The van der Waals surface area contributed by atoms with E-state index in [9.17, 15) is 14.4 Å². The summed E-state index contributed by atoms with van der Waals surface area (Å²) in [6, 6.07) is 20.7. The number of carbonyl (C=O) groups excluding carboxylic acids is 2. The van der Waals surface area contributed by atoms with Crippen LogP contribution in [-0.4, -0.2) is 78.9 Å². The van der Waals surface area contributed by atoms with Crippen molar-refractivity contribution in [2.45, 2.75) is 19.4 Å². The predicted octanol–water partition coefficient (Wildman–Crippen LogP) is 4.76. The van der Waals surface area contributed by atoms with Gasteiger partial charge in [-0.25, -0.2) is 9.59 Å². The first-order chi connectivity index (χ1) is 20.4. The molecule has 5 rings (SSSR count). The van der Waals surface area contributed by atoms with Gasteiger partial charge in [0.1, 0.15) is 11.5 Å². The van der Waals surface area contributed by atoms with E-state index in [0.717, 1.165) is 51.3 Å². The Morgan fingerprint density at radius 3 is 2.07 bits per heavy atom. The lowest BCUT2D eigenvalue weighted by Crippen LogP contribution is -2.41. The number of likely N-dealkylation sites (tertiary alicyclic amines) is 1. The summed E-state index contributed by atoms with van der Waals surface area (Å²) in [7, 11) is 0. The number of amides is 2. The fourth-order valence-electron chi connectivity index (χ4n) is 4.94. The van der Waals surface area contributed by atoms with Crippen LogP contribution >= 0.6 is 0 Å². The Morgan fingerprint density at radius 1 is 0.810 bits per heavy atom. The topological polar surface area (TPSA) is 118 Å². The number of hydrogen-bond acceptors (Lipinski definition) is 7. The molecule has 0 aromatic heterocycles. The first-order valence-electron chi connectivity index (χ1n) is 14.2. The van der Waals surface area contributed by atoms with Crippen molar-refractivity contribution in [3.8, 4) is 11.5 Å². The first kappa shape index (κ1) is 29.1. The maximum Gasteiger partial charge on any atom is 0.415 e. The molecule has 10 heteroatoms. The summed E-state index contributed by atoms with van der Waals surface area (Å²) in [5, 5.41) is 11.9. The highest BCUT2D eigenvalue weighted by atomic mass is 16.6. The van der Waals surface area contributed by atoms with Crippen molar-refractivity contribution >= 4 is 23.7 Å².